The largest absolute Gasteiger partial charge is 0.497 e. The molecule has 0 spiro atoms. The van der Waals surface area contributed by atoms with Crippen molar-refractivity contribution in [3.63, 3.8) is 0 Å². The summed E-state index contributed by atoms with van der Waals surface area (Å²) in [7, 11) is 3.33. The van der Waals surface area contributed by atoms with E-state index in [1.807, 2.05) is 23.1 Å². The number of piperazine rings is 1. The molecule has 0 unspecified atom stereocenters. The lowest BCUT2D eigenvalue weighted by molar-refractivity contribution is -0.134. The van der Waals surface area contributed by atoms with Gasteiger partial charge >= 0.3 is 0 Å². The van der Waals surface area contributed by atoms with Crippen LogP contribution in [0.1, 0.15) is 12.5 Å². The molecular formula is C16H25N3O3. The molecule has 0 aliphatic carbocycles. The Hall–Kier alpha value is -1.79. The third-order valence-electron chi connectivity index (χ3n) is 3.96. The van der Waals surface area contributed by atoms with Gasteiger partial charge in [-0.15, -0.1) is 0 Å². The molecule has 6 heteroatoms. The fraction of sp³-hybridized carbons (Fsp3) is 0.562. The molecule has 1 heterocycles. The van der Waals surface area contributed by atoms with Crippen molar-refractivity contribution in [1.29, 1.82) is 0 Å². The molecule has 1 aromatic carbocycles. The molecule has 1 aliphatic heterocycles. The van der Waals surface area contributed by atoms with E-state index < -0.39 is 6.04 Å². The number of nitrogens with zero attached hydrogens (tertiary/aromatic N) is 2. The summed E-state index contributed by atoms with van der Waals surface area (Å²) in [5.41, 5.74) is 6.75. The first-order valence-electron chi connectivity index (χ1n) is 7.52. The molecule has 1 saturated heterocycles. The van der Waals surface area contributed by atoms with Crippen LogP contribution in [-0.2, 0) is 11.3 Å². The molecule has 1 fully saturated rings. The second-order valence-corrected chi connectivity index (χ2v) is 5.57. The molecule has 0 bridgehead atoms. The molecule has 1 aliphatic rings. The quantitative estimate of drug-likeness (QED) is 0.867. The van der Waals surface area contributed by atoms with E-state index in [0.717, 1.165) is 36.7 Å². The first-order valence-corrected chi connectivity index (χ1v) is 7.52. The van der Waals surface area contributed by atoms with Crippen LogP contribution in [0.5, 0.6) is 11.5 Å². The van der Waals surface area contributed by atoms with Crippen LogP contribution in [0.15, 0.2) is 18.2 Å². The topological polar surface area (TPSA) is 68.0 Å². The fourth-order valence-corrected chi connectivity index (χ4v) is 2.66. The van der Waals surface area contributed by atoms with Crippen molar-refractivity contribution in [2.75, 3.05) is 40.4 Å². The smallest absolute Gasteiger partial charge is 0.239 e. The van der Waals surface area contributed by atoms with E-state index in [1.54, 1.807) is 21.1 Å². The van der Waals surface area contributed by atoms with Crippen molar-refractivity contribution >= 4 is 5.91 Å². The lowest BCUT2D eigenvalue weighted by Crippen LogP contribution is -2.52. The van der Waals surface area contributed by atoms with Crippen molar-refractivity contribution in [3.8, 4) is 11.5 Å². The summed E-state index contributed by atoms with van der Waals surface area (Å²) in [6.45, 7) is 5.60. The Bertz CT molecular complexity index is 511. The van der Waals surface area contributed by atoms with Crippen molar-refractivity contribution in [1.82, 2.24) is 9.80 Å². The van der Waals surface area contributed by atoms with E-state index >= 15 is 0 Å². The Morgan fingerprint density at radius 2 is 1.91 bits per heavy atom. The van der Waals surface area contributed by atoms with Crippen LogP contribution in [0.25, 0.3) is 0 Å². The van der Waals surface area contributed by atoms with Gasteiger partial charge in [0.1, 0.15) is 11.5 Å². The summed E-state index contributed by atoms with van der Waals surface area (Å²) in [5.74, 6) is 1.70. The SMILES string of the molecule is COc1ccc(OC)c(CN2CCN(C(=O)[C@@H](C)N)CC2)c1. The minimum atomic E-state index is -0.426. The molecule has 22 heavy (non-hydrogen) atoms. The van der Waals surface area contributed by atoms with Crippen molar-refractivity contribution in [3.05, 3.63) is 23.8 Å². The summed E-state index contributed by atoms with van der Waals surface area (Å²) in [4.78, 5) is 16.0. The summed E-state index contributed by atoms with van der Waals surface area (Å²) in [6, 6.07) is 5.38. The first-order chi connectivity index (χ1) is 10.5. The number of methoxy groups -OCH3 is 2. The summed E-state index contributed by atoms with van der Waals surface area (Å²) in [5, 5.41) is 0. The molecule has 6 nitrogen and oxygen atoms in total. The number of nitrogens with two attached hydrogens (primary N) is 1. The van der Waals surface area contributed by atoms with Crippen LogP contribution in [-0.4, -0.2) is 62.1 Å². The molecular weight excluding hydrogens is 282 g/mol. The second-order valence-electron chi connectivity index (χ2n) is 5.57. The third-order valence-corrected chi connectivity index (χ3v) is 3.96. The van der Waals surface area contributed by atoms with E-state index in [-0.39, 0.29) is 5.91 Å². The van der Waals surface area contributed by atoms with Crippen LogP contribution in [0, 0.1) is 0 Å². The number of carbonyl (C=O) groups excluding carboxylic acids is 1. The molecule has 1 amide bonds. The lowest BCUT2D eigenvalue weighted by atomic mass is 10.1. The standard InChI is InChI=1S/C16H25N3O3/c1-12(17)16(20)19-8-6-18(7-9-19)11-13-10-14(21-2)4-5-15(13)22-3/h4-5,10,12H,6-9,11,17H2,1-3H3/t12-/m1/s1. The zero-order valence-electron chi connectivity index (χ0n) is 13.5. The Labute approximate surface area is 131 Å². The van der Waals surface area contributed by atoms with Crippen LogP contribution in [0.4, 0.5) is 0 Å². The van der Waals surface area contributed by atoms with E-state index in [4.69, 9.17) is 15.2 Å². The minimum Gasteiger partial charge on any atom is -0.497 e. The highest BCUT2D eigenvalue weighted by Crippen LogP contribution is 2.25. The molecule has 0 radical (unpaired) electrons. The van der Waals surface area contributed by atoms with Gasteiger partial charge in [-0.2, -0.15) is 0 Å². The number of benzene rings is 1. The number of carbonyl (C=O) groups is 1. The second kappa shape index (κ2) is 7.47. The zero-order valence-corrected chi connectivity index (χ0v) is 13.5. The van der Waals surface area contributed by atoms with E-state index in [1.165, 1.54) is 0 Å². The molecule has 2 rings (SSSR count). The Balaban J connectivity index is 1.97. The van der Waals surface area contributed by atoms with Gasteiger partial charge in [-0.05, 0) is 25.1 Å². The predicted octanol–water partition coefficient (Wildman–Crippen LogP) is 0.695. The number of hydrogen-bond acceptors (Lipinski definition) is 5. The maximum Gasteiger partial charge on any atom is 0.239 e. The zero-order chi connectivity index (χ0) is 16.1. The average molecular weight is 307 g/mol. The van der Waals surface area contributed by atoms with Gasteiger partial charge in [-0.3, -0.25) is 9.69 Å². The number of ether oxygens (including phenoxy) is 2. The molecule has 1 atom stereocenters. The Morgan fingerprint density at radius 1 is 1.23 bits per heavy atom. The van der Waals surface area contributed by atoms with Crippen molar-refractivity contribution < 1.29 is 14.3 Å². The van der Waals surface area contributed by atoms with Crippen LogP contribution in [0.2, 0.25) is 0 Å². The van der Waals surface area contributed by atoms with Crippen molar-refractivity contribution in [2.45, 2.75) is 19.5 Å². The summed E-state index contributed by atoms with van der Waals surface area (Å²) < 4.78 is 10.7. The summed E-state index contributed by atoms with van der Waals surface area (Å²) >= 11 is 0. The minimum absolute atomic E-state index is 0.0265. The molecule has 2 N–H and O–H groups in total. The Morgan fingerprint density at radius 3 is 2.45 bits per heavy atom. The fourth-order valence-electron chi connectivity index (χ4n) is 2.66. The van der Waals surface area contributed by atoms with E-state index in [9.17, 15) is 4.79 Å². The highest BCUT2D eigenvalue weighted by molar-refractivity contribution is 5.81. The van der Waals surface area contributed by atoms with Gasteiger partial charge in [0.15, 0.2) is 0 Å². The molecule has 122 valence electrons. The molecule has 0 aromatic heterocycles. The van der Waals surface area contributed by atoms with Gasteiger partial charge in [-0.1, -0.05) is 0 Å². The van der Waals surface area contributed by atoms with Gasteiger partial charge in [0, 0.05) is 38.3 Å². The van der Waals surface area contributed by atoms with Gasteiger partial charge < -0.3 is 20.1 Å². The highest BCUT2D eigenvalue weighted by Gasteiger charge is 2.23. The number of rotatable bonds is 5. The monoisotopic (exact) mass is 307 g/mol. The number of hydrogen-bond donors (Lipinski definition) is 1. The average Bonchev–Trinajstić information content (AvgIpc) is 2.54. The molecule has 0 saturated carbocycles. The van der Waals surface area contributed by atoms with Crippen molar-refractivity contribution in [2.24, 2.45) is 5.73 Å². The third kappa shape index (κ3) is 3.90. The van der Waals surface area contributed by atoms with Gasteiger partial charge in [0.25, 0.3) is 0 Å². The number of amides is 1. The maximum absolute atomic E-state index is 11.9. The van der Waals surface area contributed by atoms with Gasteiger partial charge in [-0.25, -0.2) is 0 Å². The Kier molecular flexibility index (Phi) is 5.63. The van der Waals surface area contributed by atoms with Gasteiger partial charge in [0.2, 0.25) is 5.91 Å². The molecule has 1 aromatic rings. The lowest BCUT2D eigenvalue weighted by Gasteiger charge is -2.35. The highest BCUT2D eigenvalue weighted by atomic mass is 16.5. The van der Waals surface area contributed by atoms with Crippen LogP contribution >= 0.6 is 0 Å². The predicted molar refractivity (Wildman–Crippen MR) is 85.1 cm³/mol. The van der Waals surface area contributed by atoms with E-state index in [0.29, 0.717) is 13.1 Å². The van der Waals surface area contributed by atoms with Crippen LogP contribution in [0.3, 0.4) is 0 Å². The first kappa shape index (κ1) is 16.6. The summed E-state index contributed by atoms with van der Waals surface area (Å²) in [6.07, 6.45) is 0. The van der Waals surface area contributed by atoms with E-state index in [2.05, 4.69) is 4.90 Å². The normalized spacial score (nSPS) is 17.2. The van der Waals surface area contributed by atoms with Crippen LogP contribution < -0.4 is 15.2 Å². The van der Waals surface area contributed by atoms with Gasteiger partial charge in [0.05, 0.1) is 20.3 Å². The maximum atomic E-state index is 11.9.